The summed E-state index contributed by atoms with van der Waals surface area (Å²) in [5.74, 6) is 0.865. The number of methoxy groups -OCH3 is 1. The molecular weight excluding hydrogens is 263 g/mol. The van der Waals surface area contributed by atoms with Crippen LogP contribution in [-0.4, -0.2) is 24.1 Å². The lowest BCUT2D eigenvalue weighted by Gasteiger charge is -2.13. The SMILES string of the molecule is COc1cc(F)ccc1NC1=NCC(CC(C)C)S1. The van der Waals surface area contributed by atoms with E-state index >= 15 is 0 Å². The first-order valence-corrected chi connectivity index (χ1v) is 7.28. The third-order valence-electron chi connectivity index (χ3n) is 2.86. The van der Waals surface area contributed by atoms with Crippen molar-refractivity contribution in [3.63, 3.8) is 0 Å². The van der Waals surface area contributed by atoms with Gasteiger partial charge in [0.2, 0.25) is 0 Å². The fraction of sp³-hybridized carbons (Fsp3) is 0.500. The second kappa shape index (κ2) is 6.28. The number of thioether (sulfide) groups is 1. The molecule has 1 aliphatic rings. The molecule has 19 heavy (non-hydrogen) atoms. The van der Waals surface area contributed by atoms with Gasteiger partial charge in [0.15, 0.2) is 5.17 Å². The molecule has 0 saturated heterocycles. The summed E-state index contributed by atoms with van der Waals surface area (Å²) in [6.45, 7) is 5.28. The summed E-state index contributed by atoms with van der Waals surface area (Å²) in [4.78, 5) is 4.48. The van der Waals surface area contributed by atoms with Crippen LogP contribution >= 0.6 is 11.8 Å². The first kappa shape index (κ1) is 14.2. The molecule has 0 amide bonds. The van der Waals surface area contributed by atoms with E-state index in [1.54, 1.807) is 17.8 Å². The van der Waals surface area contributed by atoms with Crippen LogP contribution in [0.4, 0.5) is 10.1 Å². The van der Waals surface area contributed by atoms with Crippen LogP contribution in [0.25, 0.3) is 0 Å². The Morgan fingerprint density at radius 2 is 2.32 bits per heavy atom. The monoisotopic (exact) mass is 282 g/mol. The highest BCUT2D eigenvalue weighted by Gasteiger charge is 2.21. The lowest BCUT2D eigenvalue weighted by atomic mass is 10.1. The molecule has 3 nitrogen and oxygen atoms in total. The number of amidine groups is 1. The maximum atomic E-state index is 13.1. The largest absolute Gasteiger partial charge is 0.494 e. The number of aliphatic imine (C=N–C) groups is 1. The van der Waals surface area contributed by atoms with Crippen molar-refractivity contribution in [2.75, 3.05) is 19.0 Å². The number of anilines is 1. The van der Waals surface area contributed by atoms with Gasteiger partial charge in [0.25, 0.3) is 0 Å². The Kier molecular flexibility index (Phi) is 4.69. The third kappa shape index (κ3) is 3.86. The summed E-state index contributed by atoms with van der Waals surface area (Å²) in [6.07, 6.45) is 1.15. The molecule has 104 valence electrons. The molecule has 0 saturated carbocycles. The highest BCUT2D eigenvalue weighted by Crippen LogP contribution is 2.30. The molecule has 1 aromatic carbocycles. The predicted molar refractivity (Wildman–Crippen MR) is 79.7 cm³/mol. The highest BCUT2D eigenvalue weighted by atomic mass is 32.2. The molecule has 0 fully saturated rings. The summed E-state index contributed by atoms with van der Waals surface area (Å²) in [6, 6.07) is 4.46. The predicted octanol–water partition coefficient (Wildman–Crippen LogP) is 3.76. The Balaban J connectivity index is 1.99. The van der Waals surface area contributed by atoms with Crippen molar-refractivity contribution in [2.45, 2.75) is 25.5 Å². The minimum Gasteiger partial charge on any atom is -0.494 e. The number of ether oxygens (including phenoxy) is 1. The molecule has 0 aliphatic carbocycles. The quantitative estimate of drug-likeness (QED) is 0.913. The molecule has 1 unspecified atom stereocenters. The van der Waals surface area contributed by atoms with Crippen LogP contribution in [-0.2, 0) is 0 Å². The fourth-order valence-corrected chi connectivity index (χ4v) is 3.28. The van der Waals surface area contributed by atoms with Gasteiger partial charge < -0.3 is 10.1 Å². The maximum Gasteiger partial charge on any atom is 0.161 e. The van der Waals surface area contributed by atoms with Crippen LogP contribution < -0.4 is 10.1 Å². The van der Waals surface area contributed by atoms with Gasteiger partial charge in [0, 0.05) is 11.3 Å². The minimum absolute atomic E-state index is 0.305. The number of benzene rings is 1. The van der Waals surface area contributed by atoms with E-state index in [4.69, 9.17) is 4.74 Å². The summed E-state index contributed by atoms with van der Waals surface area (Å²) in [7, 11) is 1.53. The van der Waals surface area contributed by atoms with Crippen LogP contribution in [0, 0.1) is 11.7 Å². The van der Waals surface area contributed by atoms with Gasteiger partial charge >= 0.3 is 0 Å². The number of nitrogens with one attached hydrogen (secondary N) is 1. The number of rotatable bonds is 4. The van der Waals surface area contributed by atoms with Gasteiger partial charge in [-0.25, -0.2) is 4.39 Å². The molecule has 0 spiro atoms. The Morgan fingerprint density at radius 3 is 3.00 bits per heavy atom. The molecular formula is C14H19FN2OS. The zero-order valence-corrected chi connectivity index (χ0v) is 12.3. The molecule has 1 N–H and O–H groups in total. The van der Waals surface area contributed by atoms with Gasteiger partial charge in [-0.15, -0.1) is 0 Å². The van der Waals surface area contributed by atoms with E-state index in [2.05, 4.69) is 24.2 Å². The Hall–Kier alpha value is -1.23. The van der Waals surface area contributed by atoms with E-state index in [9.17, 15) is 4.39 Å². The van der Waals surface area contributed by atoms with Crippen LogP contribution in [0.15, 0.2) is 23.2 Å². The average Bonchev–Trinajstić information content (AvgIpc) is 2.78. The molecule has 0 radical (unpaired) electrons. The molecule has 0 aromatic heterocycles. The van der Waals surface area contributed by atoms with Crippen molar-refractivity contribution in [2.24, 2.45) is 10.9 Å². The molecule has 1 aromatic rings. The van der Waals surface area contributed by atoms with Crippen molar-refractivity contribution in [1.82, 2.24) is 0 Å². The van der Waals surface area contributed by atoms with Crippen LogP contribution in [0.1, 0.15) is 20.3 Å². The van der Waals surface area contributed by atoms with Crippen molar-refractivity contribution < 1.29 is 9.13 Å². The number of hydrogen-bond donors (Lipinski definition) is 1. The average molecular weight is 282 g/mol. The van der Waals surface area contributed by atoms with Crippen molar-refractivity contribution in [1.29, 1.82) is 0 Å². The lowest BCUT2D eigenvalue weighted by molar-refractivity contribution is 0.413. The molecule has 1 heterocycles. The van der Waals surface area contributed by atoms with Gasteiger partial charge in [-0.1, -0.05) is 25.6 Å². The first-order valence-electron chi connectivity index (χ1n) is 6.40. The Bertz CT molecular complexity index is 477. The zero-order chi connectivity index (χ0) is 13.8. The summed E-state index contributed by atoms with van der Waals surface area (Å²) >= 11 is 1.75. The van der Waals surface area contributed by atoms with Crippen molar-refractivity contribution >= 4 is 22.6 Å². The van der Waals surface area contributed by atoms with Crippen LogP contribution in [0.2, 0.25) is 0 Å². The lowest BCUT2D eigenvalue weighted by Crippen LogP contribution is -2.10. The molecule has 5 heteroatoms. The summed E-state index contributed by atoms with van der Waals surface area (Å²) in [5, 5.41) is 4.63. The maximum absolute atomic E-state index is 13.1. The number of nitrogens with zero attached hydrogens (tertiary/aromatic N) is 1. The molecule has 1 atom stereocenters. The van der Waals surface area contributed by atoms with E-state index in [0.717, 1.165) is 23.8 Å². The van der Waals surface area contributed by atoms with Gasteiger partial charge in [0.1, 0.15) is 11.6 Å². The fourth-order valence-electron chi connectivity index (χ4n) is 2.02. The van der Waals surface area contributed by atoms with Crippen molar-refractivity contribution in [3.8, 4) is 5.75 Å². The van der Waals surface area contributed by atoms with Crippen LogP contribution in [0.3, 0.4) is 0 Å². The second-order valence-corrected chi connectivity index (χ2v) is 6.27. The number of halogens is 1. The van der Waals surface area contributed by atoms with E-state index in [1.165, 1.54) is 19.2 Å². The topological polar surface area (TPSA) is 33.6 Å². The Morgan fingerprint density at radius 1 is 1.53 bits per heavy atom. The van der Waals surface area contributed by atoms with Crippen LogP contribution in [0.5, 0.6) is 5.75 Å². The minimum atomic E-state index is -0.305. The van der Waals surface area contributed by atoms with Gasteiger partial charge in [-0.05, 0) is 24.5 Å². The standard InChI is InChI=1S/C14H19FN2OS/c1-9(2)6-11-8-16-14(19-11)17-12-5-4-10(15)7-13(12)18-3/h4-5,7,9,11H,6,8H2,1-3H3,(H,16,17). The van der Waals surface area contributed by atoms with Gasteiger partial charge in [0.05, 0.1) is 19.3 Å². The smallest absolute Gasteiger partial charge is 0.161 e. The Labute approximate surface area is 117 Å². The molecule has 2 rings (SSSR count). The molecule has 1 aliphatic heterocycles. The summed E-state index contributed by atoms with van der Waals surface area (Å²) < 4.78 is 18.3. The summed E-state index contributed by atoms with van der Waals surface area (Å²) in [5.41, 5.74) is 0.750. The normalized spacial score (nSPS) is 18.6. The molecule has 0 bridgehead atoms. The van der Waals surface area contributed by atoms with E-state index < -0.39 is 0 Å². The second-order valence-electron chi connectivity index (χ2n) is 4.98. The van der Waals surface area contributed by atoms with Crippen molar-refractivity contribution in [3.05, 3.63) is 24.0 Å². The first-order chi connectivity index (χ1) is 9.08. The van der Waals surface area contributed by atoms with Gasteiger partial charge in [-0.3, -0.25) is 4.99 Å². The van der Waals surface area contributed by atoms with E-state index in [0.29, 0.717) is 16.9 Å². The van der Waals surface area contributed by atoms with E-state index in [-0.39, 0.29) is 5.82 Å². The van der Waals surface area contributed by atoms with Gasteiger partial charge in [-0.2, -0.15) is 0 Å². The van der Waals surface area contributed by atoms with E-state index in [1.807, 2.05) is 0 Å². The zero-order valence-electron chi connectivity index (χ0n) is 11.4. The number of hydrogen-bond acceptors (Lipinski definition) is 4. The third-order valence-corrected chi connectivity index (χ3v) is 3.99. The highest BCUT2D eigenvalue weighted by molar-refractivity contribution is 8.15.